The standard InChI is InChI=1S/C11H19N3O2/c12-7-8-1-3-9(4-2-8)10(15)14(5-6-14)11(13)16/h8-9H,1-7,12H2,(H-,13,16)/p+1/t8-,9-. The fourth-order valence-electron chi connectivity index (χ4n) is 2.64. The van der Waals surface area contributed by atoms with E-state index in [4.69, 9.17) is 11.5 Å². The van der Waals surface area contributed by atoms with Gasteiger partial charge in [0, 0.05) is 0 Å². The number of hydrogen-bond donors (Lipinski definition) is 2. The molecule has 0 atom stereocenters. The number of rotatable bonds is 2. The monoisotopic (exact) mass is 226 g/mol. The van der Waals surface area contributed by atoms with Crippen molar-refractivity contribution in [2.45, 2.75) is 25.7 Å². The molecule has 0 bridgehead atoms. The third-order valence-corrected chi connectivity index (χ3v) is 4.04. The molecular weight excluding hydrogens is 206 g/mol. The van der Waals surface area contributed by atoms with Crippen LogP contribution in [0.1, 0.15) is 25.7 Å². The van der Waals surface area contributed by atoms with Crippen molar-refractivity contribution in [2.75, 3.05) is 19.6 Å². The van der Waals surface area contributed by atoms with Crippen molar-refractivity contribution in [1.82, 2.24) is 0 Å². The molecule has 0 aromatic heterocycles. The summed E-state index contributed by atoms with van der Waals surface area (Å²) < 4.78 is -0.0992. The van der Waals surface area contributed by atoms with Gasteiger partial charge in [-0.1, -0.05) is 0 Å². The van der Waals surface area contributed by atoms with Crippen LogP contribution in [0.25, 0.3) is 0 Å². The van der Waals surface area contributed by atoms with Crippen molar-refractivity contribution in [1.29, 1.82) is 0 Å². The van der Waals surface area contributed by atoms with E-state index >= 15 is 0 Å². The first-order valence-electron chi connectivity index (χ1n) is 6.01. The lowest BCUT2D eigenvalue weighted by Gasteiger charge is -2.27. The van der Waals surface area contributed by atoms with Crippen molar-refractivity contribution < 1.29 is 14.1 Å². The number of primary amides is 1. The zero-order chi connectivity index (χ0) is 11.8. The summed E-state index contributed by atoms with van der Waals surface area (Å²) >= 11 is 0. The molecule has 4 N–H and O–H groups in total. The summed E-state index contributed by atoms with van der Waals surface area (Å²) in [5, 5.41) is 0. The molecule has 1 aliphatic carbocycles. The van der Waals surface area contributed by atoms with Gasteiger partial charge in [-0.2, -0.15) is 4.48 Å². The second kappa shape index (κ2) is 4.14. The molecule has 0 unspecified atom stereocenters. The van der Waals surface area contributed by atoms with Crippen LogP contribution < -0.4 is 11.5 Å². The van der Waals surface area contributed by atoms with Crippen LogP contribution in [0.2, 0.25) is 0 Å². The number of amides is 3. The van der Waals surface area contributed by atoms with Crippen molar-refractivity contribution in [3.63, 3.8) is 0 Å². The average molecular weight is 226 g/mol. The molecule has 90 valence electrons. The smallest absolute Gasteiger partial charge is 0.330 e. The SMILES string of the molecule is NC[C@H]1CC[C@H](C(=O)[N+]2(C(N)=O)CC2)CC1. The minimum atomic E-state index is -0.481. The predicted molar refractivity (Wildman–Crippen MR) is 59.1 cm³/mol. The second-order valence-electron chi connectivity index (χ2n) is 5.04. The minimum Gasteiger partial charge on any atom is -0.330 e. The Kier molecular flexibility index (Phi) is 2.99. The number of nitrogens with two attached hydrogens (primary N) is 2. The van der Waals surface area contributed by atoms with E-state index in [0.717, 1.165) is 25.7 Å². The van der Waals surface area contributed by atoms with Crippen LogP contribution in [0.15, 0.2) is 0 Å². The van der Waals surface area contributed by atoms with E-state index in [-0.39, 0.29) is 16.3 Å². The van der Waals surface area contributed by atoms with E-state index in [0.29, 0.717) is 25.6 Å². The van der Waals surface area contributed by atoms with E-state index in [9.17, 15) is 9.59 Å². The molecule has 3 amide bonds. The van der Waals surface area contributed by atoms with Crippen molar-refractivity contribution >= 4 is 11.9 Å². The topological polar surface area (TPSA) is 86.2 Å². The minimum absolute atomic E-state index is 0.0257. The highest BCUT2D eigenvalue weighted by atomic mass is 16.2. The second-order valence-corrected chi connectivity index (χ2v) is 5.04. The fraction of sp³-hybridized carbons (Fsp3) is 0.818. The number of quaternary nitrogens is 1. The van der Waals surface area contributed by atoms with Crippen LogP contribution in [-0.4, -0.2) is 36.1 Å². The Morgan fingerprint density at radius 2 is 1.69 bits per heavy atom. The van der Waals surface area contributed by atoms with Gasteiger partial charge in [-0.05, 0) is 38.1 Å². The molecule has 1 aliphatic heterocycles. The van der Waals surface area contributed by atoms with E-state index in [1.54, 1.807) is 0 Å². The van der Waals surface area contributed by atoms with Gasteiger partial charge in [0.15, 0.2) is 0 Å². The van der Waals surface area contributed by atoms with E-state index < -0.39 is 6.03 Å². The Morgan fingerprint density at radius 1 is 1.12 bits per heavy atom. The summed E-state index contributed by atoms with van der Waals surface area (Å²) in [6.45, 7) is 1.91. The predicted octanol–water partition coefficient (Wildman–Crippen LogP) is 0.187. The molecule has 5 heteroatoms. The van der Waals surface area contributed by atoms with Crippen molar-refractivity contribution in [3.8, 4) is 0 Å². The summed E-state index contributed by atoms with van der Waals surface area (Å²) in [4.78, 5) is 23.4. The van der Waals surface area contributed by atoms with Crippen LogP contribution in [0.4, 0.5) is 4.79 Å². The Morgan fingerprint density at radius 3 is 2.06 bits per heavy atom. The van der Waals surface area contributed by atoms with Crippen LogP contribution in [0.3, 0.4) is 0 Å². The molecule has 0 spiro atoms. The number of nitrogens with zero attached hydrogens (tertiary/aromatic N) is 1. The molecule has 2 fully saturated rings. The molecule has 2 rings (SSSR count). The maximum Gasteiger partial charge on any atom is 0.421 e. The number of urea groups is 1. The van der Waals surface area contributed by atoms with Gasteiger partial charge in [0.25, 0.3) is 0 Å². The zero-order valence-electron chi connectivity index (χ0n) is 9.52. The van der Waals surface area contributed by atoms with Gasteiger partial charge in [-0.3, -0.25) is 0 Å². The van der Waals surface area contributed by atoms with Crippen molar-refractivity contribution in [2.24, 2.45) is 23.3 Å². The number of hydrogen-bond acceptors (Lipinski definition) is 3. The lowest BCUT2D eigenvalue weighted by molar-refractivity contribution is -0.630. The van der Waals surface area contributed by atoms with Gasteiger partial charge in [0.2, 0.25) is 0 Å². The van der Waals surface area contributed by atoms with Crippen LogP contribution in [0.5, 0.6) is 0 Å². The van der Waals surface area contributed by atoms with Crippen LogP contribution >= 0.6 is 0 Å². The third-order valence-electron chi connectivity index (χ3n) is 4.04. The largest absolute Gasteiger partial charge is 0.421 e. The molecule has 1 heterocycles. The number of carbonyl (C=O) groups excluding carboxylic acids is 2. The molecule has 2 aliphatic rings. The van der Waals surface area contributed by atoms with Gasteiger partial charge >= 0.3 is 11.9 Å². The maximum absolute atomic E-state index is 12.2. The Hall–Kier alpha value is -0.940. The summed E-state index contributed by atoms with van der Waals surface area (Å²) in [7, 11) is 0. The highest BCUT2D eigenvalue weighted by Gasteiger charge is 2.58. The van der Waals surface area contributed by atoms with Crippen LogP contribution in [-0.2, 0) is 4.79 Å². The van der Waals surface area contributed by atoms with E-state index in [2.05, 4.69) is 0 Å². The molecular formula is C11H20N3O2+. The van der Waals surface area contributed by atoms with E-state index in [1.165, 1.54) is 0 Å². The van der Waals surface area contributed by atoms with Gasteiger partial charge in [0.1, 0.15) is 13.1 Å². The molecule has 0 aromatic carbocycles. The summed E-state index contributed by atoms with van der Waals surface area (Å²) in [5.41, 5.74) is 10.9. The molecule has 1 saturated carbocycles. The van der Waals surface area contributed by atoms with Crippen LogP contribution in [0, 0.1) is 11.8 Å². The summed E-state index contributed by atoms with van der Waals surface area (Å²) in [5.74, 6) is 0.626. The molecule has 0 aromatic rings. The highest BCUT2D eigenvalue weighted by molar-refractivity contribution is 5.86. The van der Waals surface area contributed by atoms with Gasteiger partial charge in [-0.15, -0.1) is 0 Å². The number of imide groups is 1. The van der Waals surface area contributed by atoms with Gasteiger partial charge in [0.05, 0.1) is 5.92 Å². The van der Waals surface area contributed by atoms with E-state index in [1.807, 2.05) is 0 Å². The molecule has 0 radical (unpaired) electrons. The Bertz CT molecular complexity index is 304. The first-order valence-corrected chi connectivity index (χ1v) is 6.01. The highest BCUT2D eigenvalue weighted by Crippen LogP contribution is 2.34. The average Bonchev–Trinajstić information content (AvgIpc) is 3.09. The first-order chi connectivity index (χ1) is 7.60. The van der Waals surface area contributed by atoms with Gasteiger partial charge in [-0.25, -0.2) is 9.59 Å². The van der Waals surface area contributed by atoms with Crippen molar-refractivity contribution in [3.05, 3.63) is 0 Å². The molecule has 16 heavy (non-hydrogen) atoms. The lowest BCUT2D eigenvalue weighted by Crippen LogP contribution is -2.47. The molecule has 5 nitrogen and oxygen atoms in total. The maximum atomic E-state index is 12.2. The lowest BCUT2D eigenvalue weighted by atomic mass is 9.81. The summed E-state index contributed by atoms with van der Waals surface area (Å²) in [6, 6.07) is -0.481. The molecule has 1 saturated heterocycles. The first kappa shape index (κ1) is 11.5. The third kappa shape index (κ3) is 1.85. The quantitative estimate of drug-likeness (QED) is 0.520. The normalized spacial score (nSPS) is 32.1. The fourth-order valence-corrected chi connectivity index (χ4v) is 2.64. The Balaban J connectivity index is 1.95. The zero-order valence-corrected chi connectivity index (χ0v) is 9.52. The summed E-state index contributed by atoms with van der Waals surface area (Å²) in [6.07, 6.45) is 3.75. The number of carbonyl (C=O) groups is 2. The Labute approximate surface area is 95.3 Å². The van der Waals surface area contributed by atoms with Gasteiger partial charge < -0.3 is 11.5 Å².